The van der Waals surface area contributed by atoms with E-state index in [4.69, 9.17) is 0 Å². The van der Waals surface area contributed by atoms with E-state index < -0.39 is 11.7 Å². The van der Waals surface area contributed by atoms with Gasteiger partial charge in [0, 0.05) is 32.0 Å². The molecule has 2 nitrogen and oxygen atoms in total. The van der Waals surface area contributed by atoms with Gasteiger partial charge < -0.3 is 10.2 Å². The minimum atomic E-state index is -4.35. The fraction of sp³-hybridized carbons (Fsp3) is 0.250. The molecule has 0 bridgehead atoms. The molecule has 0 saturated heterocycles. The predicted molar refractivity (Wildman–Crippen MR) is 79.5 cm³/mol. The van der Waals surface area contributed by atoms with E-state index in [1.165, 1.54) is 12.1 Å². The summed E-state index contributed by atoms with van der Waals surface area (Å²) in [6, 6.07) is 13.2. The van der Waals surface area contributed by atoms with Crippen molar-refractivity contribution in [1.29, 1.82) is 0 Å². The van der Waals surface area contributed by atoms with Gasteiger partial charge in [-0.25, -0.2) is 0 Å². The monoisotopic (exact) mass is 294 g/mol. The van der Waals surface area contributed by atoms with Crippen LogP contribution in [-0.2, 0) is 12.7 Å². The number of para-hydroxylation sites is 1. The summed E-state index contributed by atoms with van der Waals surface area (Å²) in [5.74, 6) is 0. The van der Waals surface area contributed by atoms with E-state index in [9.17, 15) is 13.2 Å². The Morgan fingerprint density at radius 2 is 1.57 bits per heavy atom. The molecule has 112 valence electrons. The summed E-state index contributed by atoms with van der Waals surface area (Å²) in [5.41, 5.74) is 1.43. The minimum Gasteiger partial charge on any atom is -0.380 e. The zero-order chi connectivity index (χ0) is 15.5. The number of anilines is 2. The van der Waals surface area contributed by atoms with Crippen LogP contribution in [0.25, 0.3) is 0 Å². The third-order valence-electron chi connectivity index (χ3n) is 3.17. The zero-order valence-corrected chi connectivity index (χ0v) is 11.9. The van der Waals surface area contributed by atoms with E-state index in [-0.39, 0.29) is 5.69 Å². The Morgan fingerprint density at radius 1 is 0.952 bits per heavy atom. The average Bonchev–Trinajstić information content (AvgIpc) is 2.45. The van der Waals surface area contributed by atoms with Crippen LogP contribution in [0.1, 0.15) is 11.1 Å². The number of alkyl halides is 3. The number of nitrogens with zero attached hydrogens (tertiary/aromatic N) is 1. The van der Waals surface area contributed by atoms with Crippen LogP contribution in [0.3, 0.4) is 0 Å². The molecular formula is C16H17F3N2. The Labute approximate surface area is 122 Å². The summed E-state index contributed by atoms with van der Waals surface area (Å²) in [4.78, 5) is 1.97. The van der Waals surface area contributed by atoms with Gasteiger partial charge in [0.25, 0.3) is 0 Å². The summed E-state index contributed by atoms with van der Waals surface area (Å²) in [5, 5.41) is 2.85. The smallest absolute Gasteiger partial charge is 0.380 e. The van der Waals surface area contributed by atoms with Crippen LogP contribution in [0.4, 0.5) is 24.5 Å². The molecule has 0 fully saturated rings. The summed E-state index contributed by atoms with van der Waals surface area (Å²) >= 11 is 0. The average molecular weight is 294 g/mol. The zero-order valence-electron chi connectivity index (χ0n) is 11.9. The molecular weight excluding hydrogens is 277 g/mol. The molecule has 5 heteroatoms. The first-order valence-electron chi connectivity index (χ1n) is 6.54. The van der Waals surface area contributed by atoms with Crippen molar-refractivity contribution in [1.82, 2.24) is 0 Å². The topological polar surface area (TPSA) is 15.3 Å². The molecule has 0 aliphatic heterocycles. The summed E-state index contributed by atoms with van der Waals surface area (Å²) in [6.07, 6.45) is -4.35. The summed E-state index contributed by atoms with van der Waals surface area (Å²) in [7, 11) is 3.87. The number of nitrogens with one attached hydrogen (secondary N) is 1. The van der Waals surface area contributed by atoms with Crippen molar-refractivity contribution in [2.45, 2.75) is 12.7 Å². The van der Waals surface area contributed by atoms with Crippen molar-refractivity contribution in [3.63, 3.8) is 0 Å². The van der Waals surface area contributed by atoms with E-state index >= 15 is 0 Å². The first kappa shape index (κ1) is 15.2. The molecule has 1 N–H and O–H groups in total. The Balaban J connectivity index is 2.10. The molecule has 0 amide bonds. The normalized spacial score (nSPS) is 11.3. The van der Waals surface area contributed by atoms with Crippen LogP contribution in [-0.4, -0.2) is 14.1 Å². The quantitative estimate of drug-likeness (QED) is 0.900. The fourth-order valence-electron chi connectivity index (χ4n) is 1.99. The lowest BCUT2D eigenvalue weighted by Gasteiger charge is -2.15. The first-order chi connectivity index (χ1) is 9.88. The van der Waals surface area contributed by atoms with E-state index in [1.807, 2.05) is 43.3 Å². The van der Waals surface area contributed by atoms with Gasteiger partial charge in [0.2, 0.25) is 0 Å². The van der Waals surface area contributed by atoms with Gasteiger partial charge in [-0.3, -0.25) is 0 Å². The van der Waals surface area contributed by atoms with Crippen LogP contribution in [0.15, 0.2) is 48.5 Å². The fourth-order valence-corrected chi connectivity index (χ4v) is 1.99. The lowest BCUT2D eigenvalue weighted by atomic mass is 10.1. The van der Waals surface area contributed by atoms with Gasteiger partial charge in [-0.05, 0) is 29.8 Å². The van der Waals surface area contributed by atoms with E-state index in [0.29, 0.717) is 6.54 Å². The minimum absolute atomic E-state index is 0.0988. The Hall–Kier alpha value is -2.17. The second kappa shape index (κ2) is 6.08. The van der Waals surface area contributed by atoms with Gasteiger partial charge in [0.15, 0.2) is 0 Å². The SMILES string of the molecule is CN(C)c1ccc(CNc2ccccc2C(F)(F)F)cc1. The van der Waals surface area contributed by atoms with Crippen LogP contribution in [0.2, 0.25) is 0 Å². The molecule has 0 radical (unpaired) electrons. The van der Waals surface area contributed by atoms with Gasteiger partial charge >= 0.3 is 6.18 Å². The Kier molecular flexibility index (Phi) is 4.40. The van der Waals surface area contributed by atoms with Crippen molar-refractivity contribution >= 4 is 11.4 Å². The van der Waals surface area contributed by atoms with Gasteiger partial charge in [0.1, 0.15) is 0 Å². The molecule has 0 saturated carbocycles. The van der Waals surface area contributed by atoms with Gasteiger partial charge in [-0.15, -0.1) is 0 Å². The number of halogens is 3. The number of hydrogen-bond acceptors (Lipinski definition) is 2. The highest BCUT2D eigenvalue weighted by Gasteiger charge is 2.32. The Bertz CT molecular complexity index is 589. The predicted octanol–water partition coefficient (Wildman–Crippen LogP) is 4.38. The highest BCUT2D eigenvalue weighted by molar-refractivity contribution is 5.53. The number of hydrogen-bond donors (Lipinski definition) is 1. The maximum absolute atomic E-state index is 12.9. The second-order valence-electron chi connectivity index (χ2n) is 4.96. The molecule has 2 rings (SSSR count). The maximum Gasteiger partial charge on any atom is 0.418 e. The molecule has 0 unspecified atom stereocenters. The number of benzene rings is 2. The molecule has 2 aromatic carbocycles. The molecule has 0 aromatic heterocycles. The van der Waals surface area contributed by atoms with Crippen LogP contribution in [0.5, 0.6) is 0 Å². The maximum atomic E-state index is 12.9. The molecule has 0 heterocycles. The van der Waals surface area contributed by atoms with Crippen LogP contribution < -0.4 is 10.2 Å². The van der Waals surface area contributed by atoms with Gasteiger partial charge in [-0.1, -0.05) is 24.3 Å². The van der Waals surface area contributed by atoms with Crippen LogP contribution in [0, 0.1) is 0 Å². The van der Waals surface area contributed by atoms with Crippen LogP contribution >= 0.6 is 0 Å². The largest absolute Gasteiger partial charge is 0.418 e. The van der Waals surface area contributed by atoms with E-state index in [0.717, 1.165) is 17.3 Å². The van der Waals surface area contributed by atoms with Crippen molar-refractivity contribution in [3.05, 3.63) is 59.7 Å². The second-order valence-corrected chi connectivity index (χ2v) is 4.96. The van der Waals surface area contributed by atoms with Crippen molar-refractivity contribution in [2.75, 3.05) is 24.3 Å². The summed E-state index contributed by atoms with van der Waals surface area (Å²) in [6.45, 7) is 0.348. The third-order valence-corrected chi connectivity index (χ3v) is 3.17. The standard InChI is InChI=1S/C16H17F3N2/c1-21(2)13-9-7-12(8-10-13)11-20-15-6-4-3-5-14(15)16(17,18)19/h3-10,20H,11H2,1-2H3. The van der Waals surface area contributed by atoms with Crippen molar-refractivity contribution < 1.29 is 13.2 Å². The Morgan fingerprint density at radius 3 is 2.14 bits per heavy atom. The van der Waals surface area contributed by atoms with Gasteiger partial charge in [0.05, 0.1) is 5.56 Å². The molecule has 0 aliphatic rings. The lowest BCUT2D eigenvalue weighted by Crippen LogP contribution is -2.11. The molecule has 0 spiro atoms. The van der Waals surface area contributed by atoms with Crippen molar-refractivity contribution in [3.8, 4) is 0 Å². The number of rotatable bonds is 4. The van der Waals surface area contributed by atoms with Crippen molar-refractivity contribution in [2.24, 2.45) is 0 Å². The summed E-state index contributed by atoms with van der Waals surface area (Å²) < 4.78 is 38.6. The van der Waals surface area contributed by atoms with E-state index in [1.54, 1.807) is 6.07 Å². The lowest BCUT2D eigenvalue weighted by molar-refractivity contribution is -0.136. The molecule has 0 atom stereocenters. The van der Waals surface area contributed by atoms with E-state index in [2.05, 4.69) is 5.32 Å². The molecule has 21 heavy (non-hydrogen) atoms. The highest BCUT2D eigenvalue weighted by atomic mass is 19.4. The highest BCUT2D eigenvalue weighted by Crippen LogP contribution is 2.34. The molecule has 0 aliphatic carbocycles. The first-order valence-corrected chi connectivity index (χ1v) is 6.54. The molecule has 2 aromatic rings. The van der Waals surface area contributed by atoms with Gasteiger partial charge in [-0.2, -0.15) is 13.2 Å². The third kappa shape index (κ3) is 3.90.